The van der Waals surface area contributed by atoms with Crippen molar-refractivity contribution in [2.75, 3.05) is 28.7 Å². The molecule has 0 spiro atoms. The smallest absolute Gasteiger partial charge is 0.288 e. The molecule has 1 saturated heterocycles. The summed E-state index contributed by atoms with van der Waals surface area (Å²) >= 11 is 12.1. The highest BCUT2D eigenvalue weighted by Gasteiger charge is 2.20. The third-order valence-electron chi connectivity index (χ3n) is 6.17. The van der Waals surface area contributed by atoms with E-state index in [1.807, 2.05) is 32.0 Å². The van der Waals surface area contributed by atoms with Gasteiger partial charge >= 0.3 is 0 Å². The van der Waals surface area contributed by atoms with Gasteiger partial charge in [0.05, 0.1) is 16.2 Å². The van der Waals surface area contributed by atoms with Gasteiger partial charge in [0.1, 0.15) is 5.02 Å². The summed E-state index contributed by atoms with van der Waals surface area (Å²) < 4.78 is 0. The second-order valence-corrected chi connectivity index (χ2v) is 9.59. The summed E-state index contributed by atoms with van der Waals surface area (Å²) in [5.41, 5.74) is 6.01. The van der Waals surface area contributed by atoms with Gasteiger partial charge in [0.25, 0.3) is 5.69 Å². The molecule has 4 rings (SSSR count). The van der Waals surface area contributed by atoms with E-state index >= 15 is 0 Å². The molecule has 0 bridgehead atoms. The van der Waals surface area contributed by atoms with E-state index in [0.717, 1.165) is 42.7 Å². The molecule has 0 aliphatic carbocycles. The Balaban J connectivity index is 1.62. The Kier molecular flexibility index (Phi) is 7.85. The van der Waals surface area contributed by atoms with E-state index in [9.17, 15) is 10.1 Å². The highest BCUT2D eigenvalue weighted by atomic mass is 35.5. The Labute approximate surface area is 218 Å². The first-order chi connectivity index (χ1) is 17.2. The highest BCUT2D eigenvalue weighted by Crippen LogP contribution is 2.30. The number of aromatic nitrogens is 3. The third-order valence-corrected chi connectivity index (χ3v) is 6.80. The van der Waals surface area contributed by atoms with Crippen molar-refractivity contribution in [1.82, 2.24) is 15.0 Å². The maximum absolute atomic E-state index is 11.2. The van der Waals surface area contributed by atoms with Gasteiger partial charge in [-0.05, 0) is 55.9 Å². The van der Waals surface area contributed by atoms with Crippen molar-refractivity contribution in [2.45, 2.75) is 33.6 Å². The Morgan fingerprint density at radius 1 is 1.11 bits per heavy atom. The predicted octanol–water partition coefficient (Wildman–Crippen LogP) is 6.13. The van der Waals surface area contributed by atoms with Gasteiger partial charge in [-0.15, -0.1) is 0 Å². The molecule has 2 aromatic carbocycles. The molecule has 0 atom stereocenters. The van der Waals surface area contributed by atoms with Crippen LogP contribution in [-0.2, 0) is 0 Å². The number of halogens is 2. The molecular formula is C24H26Cl2N8O2. The van der Waals surface area contributed by atoms with Crippen LogP contribution in [0.4, 0.5) is 29.2 Å². The number of hydrazone groups is 1. The first-order valence-electron chi connectivity index (χ1n) is 11.5. The lowest BCUT2D eigenvalue weighted by Crippen LogP contribution is -2.34. The van der Waals surface area contributed by atoms with Gasteiger partial charge in [-0.3, -0.25) is 10.1 Å². The molecule has 0 amide bonds. The highest BCUT2D eigenvalue weighted by molar-refractivity contribution is 6.37. The molecular weight excluding hydrogens is 503 g/mol. The zero-order valence-electron chi connectivity index (χ0n) is 20.1. The summed E-state index contributed by atoms with van der Waals surface area (Å²) in [4.78, 5) is 26.4. The molecule has 3 aromatic rings. The van der Waals surface area contributed by atoms with Crippen LogP contribution in [0.2, 0.25) is 10.0 Å². The summed E-state index contributed by atoms with van der Waals surface area (Å²) in [6.45, 7) is 8.01. The molecule has 12 heteroatoms. The number of nitrogens with zero attached hydrogens (tertiary/aromatic N) is 6. The Morgan fingerprint density at radius 2 is 1.83 bits per heavy atom. The van der Waals surface area contributed by atoms with E-state index in [-0.39, 0.29) is 21.7 Å². The van der Waals surface area contributed by atoms with Crippen LogP contribution in [0.15, 0.2) is 35.4 Å². The minimum absolute atomic E-state index is 0.0461. The minimum atomic E-state index is -0.577. The summed E-state index contributed by atoms with van der Waals surface area (Å²) in [7, 11) is 0. The lowest BCUT2D eigenvalue weighted by molar-refractivity contribution is -0.384. The molecule has 36 heavy (non-hydrogen) atoms. The van der Waals surface area contributed by atoms with Gasteiger partial charge in [-0.1, -0.05) is 42.3 Å². The minimum Gasteiger partial charge on any atom is -0.341 e. The lowest BCUT2D eigenvalue weighted by Gasteiger charge is -2.30. The van der Waals surface area contributed by atoms with E-state index in [1.165, 1.54) is 18.3 Å². The Hall–Kier alpha value is -3.50. The maximum atomic E-state index is 11.2. The molecule has 10 nitrogen and oxygen atoms in total. The number of rotatable bonds is 7. The van der Waals surface area contributed by atoms with Gasteiger partial charge in [-0.25, -0.2) is 5.43 Å². The molecule has 0 saturated carbocycles. The standard InChI is InChI=1S/C24H26Cl2N8O2/c1-14-7-9-33(10-8-14)24-30-22(28-20-6-4-5-15(2)16(20)3)29-23(31-24)32-27-13-17-11-21(34(35)36)19(26)12-18(17)25/h4-6,11-14H,7-10H2,1-3H3,(H2,28,29,30,31,32)/b27-13-. The van der Waals surface area contributed by atoms with Crippen molar-refractivity contribution in [1.29, 1.82) is 0 Å². The van der Waals surface area contributed by atoms with E-state index in [4.69, 9.17) is 23.2 Å². The second kappa shape index (κ2) is 11.0. The van der Waals surface area contributed by atoms with E-state index in [1.54, 1.807) is 0 Å². The predicted molar refractivity (Wildman–Crippen MR) is 144 cm³/mol. The average Bonchev–Trinajstić information content (AvgIpc) is 2.83. The Morgan fingerprint density at radius 3 is 2.56 bits per heavy atom. The first-order valence-corrected chi connectivity index (χ1v) is 12.2. The van der Waals surface area contributed by atoms with Crippen LogP contribution in [0.3, 0.4) is 0 Å². The SMILES string of the molecule is Cc1cccc(Nc2nc(N/N=C\c3cc([N+](=O)[O-])c(Cl)cc3Cl)nc(N3CCC(C)CC3)n2)c1C. The van der Waals surface area contributed by atoms with Crippen molar-refractivity contribution in [3.8, 4) is 0 Å². The fourth-order valence-electron chi connectivity index (χ4n) is 3.78. The normalized spacial score (nSPS) is 14.3. The van der Waals surface area contributed by atoms with Gasteiger partial charge in [0.15, 0.2) is 0 Å². The number of nitro groups is 1. The third kappa shape index (κ3) is 6.00. The monoisotopic (exact) mass is 528 g/mol. The van der Waals surface area contributed by atoms with Gasteiger partial charge in [0.2, 0.25) is 17.8 Å². The summed E-state index contributed by atoms with van der Waals surface area (Å²) in [6.07, 6.45) is 3.47. The number of hydrogen-bond acceptors (Lipinski definition) is 9. The van der Waals surface area contributed by atoms with Gasteiger partial charge in [-0.2, -0.15) is 20.1 Å². The molecule has 1 aliphatic heterocycles. The molecule has 1 fully saturated rings. The van der Waals surface area contributed by atoms with Crippen molar-refractivity contribution < 1.29 is 4.92 Å². The van der Waals surface area contributed by atoms with Gasteiger partial charge in [0, 0.05) is 30.4 Å². The molecule has 2 heterocycles. The van der Waals surface area contributed by atoms with Crippen molar-refractivity contribution in [3.05, 3.63) is 67.2 Å². The van der Waals surface area contributed by atoms with Crippen LogP contribution in [0.25, 0.3) is 0 Å². The van der Waals surface area contributed by atoms with Crippen LogP contribution in [0, 0.1) is 29.9 Å². The number of nitrogens with one attached hydrogen (secondary N) is 2. The van der Waals surface area contributed by atoms with Crippen LogP contribution >= 0.6 is 23.2 Å². The van der Waals surface area contributed by atoms with E-state index < -0.39 is 4.92 Å². The fourth-order valence-corrected chi connectivity index (χ4v) is 4.28. The van der Waals surface area contributed by atoms with Crippen molar-refractivity contribution >= 4 is 58.6 Å². The van der Waals surface area contributed by atoms with E-state index in [0.29, 0.717) is 23.4 Å². The number of hydrogen-bond donors (Lipinski definition) is 2. The quantitative estimate of drug-likeness (QED) is 0.213. The molecule has 188 valence electrons. The number of anilines is 4. The summed E-state index contributed by atoms with van der Waals surface area (Å²) in [5.74, 6) is 1.81. The number of benzene rings is 2. The lowest BCUT2D eigenvalue weighted by atomic mass is 10.00. The number of piperidine rings is 1. The van der Waals surface area contributed by atoms with Gasteiger partial charge < -0.3 is 10.2 Å². The first kappa shape index (κ1) is 25.6. The van der Waals surface area contributed by atoms with Crippen LogP contribution in [0.5, 0.6) is 0 Å². The van der Waals surface area contributed by atoms with Crippen molar-refractivity contribution in [2.24, 2.45) is 11.0 Å². The Bertz CT molecular complexity index is 1310. The second-order valence-electron chi connectivity index (χ2n) is 8.78. The van der Waals surface area contributed by atoms with Crippen LogP contribution in [-0.4, -0.2) is 39.2 Å². The largest absolute Gasteiger partial charge is 0.341 e. The van der Waals surface area contributed by atoms with Crippen LogP contribution in [0.1, 0.15) is 36.5 Å². The molecule has 2 N–H and O–H groups in total. The van der Waals surface area contributed by atoms with Crippen LogP contribution < -0.4 is 15.6 Å². The topological polar surface area (TPSA) is 121 Å². The average molecular weight is 529 g/mol. The number of nitro benzene ring substituents is 1. The molecule has 1 aliphatic rings. The summed E-state index contributed by atoms with van der Waals surface area (Å²) in [6, 6.07) is 8.55. The van der Waals surface area contributed by atoms with Crippen molar-refractivity contribution in [3.63, 3.8) is 0 Å². The molecule has 0 unspecified atom stereocenters. The fraction of sp³-hybridized carbons (Fsp3) is 0.333. The zero-order valence-corrected chi connectivity index (χ0v) is 21.6. The van der Waals surface area contributed by atoms with E-state index in [2.05, 4.69) is 42.6 Å². The molecule has 0 radical (unpaired) electrons. The number of aryl methyl sites for hydroxylation is 1. The maximum Gasteiger partial charge on any atom is 0.288 e. The molecule has 1 aromatic heterocycles. The summed E-state index contributed by atoms with van der Waals surface area (Å²) in [5, 5.41) is 18.8. The zero-order chi connectivity index (χ0) is 25.8.